The van der Waals surface area contributed by atoms with Gasteiger partial charge in [-0.05, 0) is 134 Å². The van der Waals surface area contributed by atoms with Crippen molar-refractivity contribution >= 4 is 43.1 Å². The first kappa shape index (κ1) is 33.6. The van der Waals surface area contributed by atoms with Gasteiger partial charge in [-0.15, -0.1) is 0 Å². The first-order valence-corrected chi connectivity index (χ1v) is 20.3. The standard InChI is InChI=1S/C57H42/c1-4-36-26-28-38(29-27-36)54-45-20-10-14-24-49(45)56(50-25-15-11-21-46(50)54)40-31-33-42-41-32-30-39(34-51(41)57(2,3)52(42)35-40)55-47-22-12-8-18-43(47)53(37-16-6-5-7-17-37)44-19-9-13-23-48(44)55/h5-35H,4H2,1-3H3. The maximum atomic E-state index is 2.50. The van der Waals surface area contributed by atoms with Gasteiger partial charge in [0.25, 0.3) is 0 Å². The molecule has 0 heterocycles. The molecular formula is C57H42. The zero-order valence-electron chi connectivity index (χ0n) is 32.6. The lowest BCUT2D eigenvalue weighted by atomic mass is 9.79. The van der Waals surface area contributed by atoms with Gasteiger partial charge in [-0.1, -0.05) is 197 Å². The number of hydrogen-bond donors (Lipinski definition) is 0. The third kappa shape index (κ3) is 5.07. The maximum Gasteiger partial charge on any atom is 0.0159 e. The van der Waals surface area contributed by atoms with Crippen molar-refractivity contribution in [3.05, 3.63) is 205 Å². The second-order valence-electron chi connectivity index (χ2n) is 16.2. The van der Waals surface area contributed by atoms with Crippen LogP contribution in [0.1, 0.15) is 37.5 Å². The van der Waals surface area contributed by atoms with Gasteiger partial charge in [0.2, 0.25) is 0 Å². The largest absolute Gasteiger partial charge is 0.0622 e. The summed E-state index contributed by atoms with van der Waals surface area (Å²) in [5.74, 6) is 0. The Hall–Kier alpha value is -6.76. The van der Waals surface area contributed by atoms with Crippen molar-refractivity contribution in [1.29, 1.82) is 0 Å². The van der Waals surface area contributed by atoms with E-state index in [-0.39, 0.29) is 5.41 Å². The summed E-state index contributed by atoms with van der Waals surface area (Å²) < 4.78 is 0. The van der Waals surface area contributed by atoms with E-state index in [9.17, 15) is 0 Å². The Morgan fingerprint density at radius 2 is 0.614 bits per heavy atom. The molecule has 0 radical (unpaired) electrons. The lowest BCUT2D eigenvalue weighted by Crippen LogP contribution is -2.15. The first-order chi connectivity index (χ1) is 28.0. The fourth-order valence-corrected chi connectivity index (χ4v) is 10.1. The van der Waals surface area contributed by atoms with Gasteiger partial charge in [-0.2, -0.15) is 0 Å². The molecule has 1 aliphatic carbocycles. The predicted octanol–water partition coefficient (Wildman–Crippen LogP) is 15.8. The van der Waals surface area contributed by atoms with Crippen LogP contribution < -0.4 is 0 Å². The second-order valence-corrected chi connectivity index (χ2v) is 16.2. The third-order valence-electron chi connectivity index (χ3n) is 12.8. The Labute approximate surface area is 334 Å². The summed E-state index contributed by atoms with van der Waals surface area (Å²) in [5.41, 5.74) is 16.9. The monoisotopic (exact) mass is 726 g/mol. The van der Waals surface area contributed by atoms with Gasteiger partial charge in [-0.25, -0.2) is 0 Å². The SMILES string of the molecule is CCc1ccc(-c2c3ccccc3c(-c3ccc4c(c3)C(C)(C)c3cc(-c5c6ccccc6c(-c6ccccc6)c6ccccc56)ccc3-4)c3ccccc23)cc1. The maximum absolute atomic E-state index is 2.50. The number of rotatable bonds is 5. The zero-order chi connectivity index (χ0) is 38.3. The summed E-state index contributed by atoms with van der Waals surface area (Å²) in [6.45, 7) is 7.05. The van der Waals surface area contributed by atoms with E-state index in [2.05, 4.69) is 209 Å². The van der Waals surface area contributed by atoms with Crippen molar-refractivity contribution in [3.8, 4) is 55.6 Å². The number of aryl methyl sites for hydroxylation is 1. The number of benzene rings is 10. The van der Waals surface area contributed by atoms with Crippen molar-refractivity contribution in [2.45, 2.75) is 32.6 Å². The first-order valence-electron chi connectivity index (χ1n) is 20.3. The molecular weight excluding hydrogens is 685 g/mol. The average Bonchev–Trinajstić information content (AvgIpc) is 3.49. The molecule has 0 spiro atoms. The molecule has 0 amide bonds. The Balaban J connectivity index is 1.09. The molecule has 0 bridgehead atoms. The minimum Gasteiger partial charge on any atom is -0.0622 e. The van der Waals surface area contributed by atoms with Crippen molar-refractivity contribution in [3.63, 3.8) is 0 Å². The number of fused-ring (bicyclic) bond motifs is 7. The van der Waals surface area contributed by atoms with E-state index in [1.165, 1.54) is 115 Å². The molecule has 11 rings (SSSR count). The summed E-state index contributed by atoms with van der Waals surface area (Å²) in [4.78, 5) is 0. The fraction of sp³-hybridized carbons (Fsp3) is 0.0877. The average molecular weight is 727 g/mol. The molecule has 57 heavy (non-hydrogen) atoms. The smallest absolute Gasteiger partial charge is 0.0159 e. The molecule has 10 aromatic carbocycles. The second kappa shape index (κ2) is 12.9. The Morgan fingerprint density at radius 1 is 0.316 bits per heavy atom. The van der Waals surface area contributed by atoms with Crippen LogP contribution in [0, 0.1) is 0 Å². The molecule has 0 fully saturated rings. The quantitative estimate of drug-likeness (QED) is 0.155. The van der Waals surface area contributed by atoms with Gasteiger partial charge in [0.1, 0.15) is 0 Å². The van der Waals surface area contributed by atoms with Gasteiger partial charge >= 0.3 is 0 Å². The lowest BCUT2D eigenvalue weighted by Gasteiger charge is -2.24. The van der Waals surface area contributed by atoms with Crippen LogP contribution in [0.25, 0.3) is 98.7 Å². The van der Waals surface area contributed by atoms with Gasteiger partial charge in [-0.3, -0.25) is 0 Å². The molecule has 0 nitrogen and oxygen atoms in total. The highest BCUT2D eigenvalue weighted by Gasteiger charge is 2.36. The summed E-state index contributed by atoms with van der Waals surface area (Å²) >= 11 is 0. The van der Waals surface area contributed by atoms with Crippen LogP contribution in [0.4, 0.5) is 0 Å². The van der Waals surface area contributed by atoms with E-state index >= 15 is 0 Å². The fourth-order valence-electron chi connectivity index (χ4n) is 10.1. The molecule has 0 N–H and O–H groups in total. The van der Waals surface area contributed by atoms with Crippen LogP contribution in [0.5, 0.6) is 0 Å². The van der Waals surface area contributed by atoms with E-state index < -0.39 is 0 Å². The minimum absolute atomic E-state index is 0.196. The van der Waals surface area contributed by atoms with Crippen molar-refractivity contribution in [2.75, 3.05) is 0 Å². The van der Waals surface area contributed by atoms with Crippen molar-refractivity contribution in [1.82, 2.24) is 0 Å². The molecule has 0 saturated heterocycles. The van der Waals surface area contributed by atoms with Crippen LogP contribution in [-0.2, 0) is 11.8 Å². The van der Waals surface area contributed by atoms with Crippen LogP contribution in [0.2, 0.25) is 0 Å². The topological polar surface area (TPSA) is 0 Å². The normalized spacial score (nSPS) is 13.0. The van der Waals surface area contributed by atoms with Crippen molar-refractivity contribution in [2.24, 2.45) is 0 Å². The van der Waals surface area contributed by atoms with Gasteiger partial charge in [0, 0.05) is 5.41 Å². The van der Waals surface area contributed by atoms with Gasteiger partial charge < -0.3 is 0 Å². The molecule has 270 valence electrons. The van der Waals surface area contributed by atoms with E-state index in [1.54, 1.807) is 0 Å². The Bertz CT molecular complexity index is 3100. The van der Waals surface area contributed by atoms with Crippen LogP contribution in [0.3, 0.4) is 0 Å². The molecule has 0 saturated carbocycles. The van der Waals surface area contributed by atoms with Crippen LogP contribution in [0.15, 0.2) is 188 Å². The van der Waals surface area contributed by atoms with Crippen molar-refractivity contribution < 1.29 is 0 Å². The summed E-state index contributed by atoms with van der Waals surface area (Å²) in [6.07, 6.45) is 1.04. The van der Waals surface area contributed by atoms with Crippen LogP contribution >= 0.6 is 0 Å². The van der Waals surface area contributed by atoms with E-state index in [0.29, 0.717) is 0 Å². The highest BCUT2D eigenvalue weighted by atomic mass is 14.4. The highest BCUT2D eigenvalue weighted by Crippen LogP contribution is 2.53. The zero-order valence-corrected chi connectivity index (χ0v) is 32.6. The predicted molar refractivity (Wildman–Crippen MR) is 245 cm³/mol. The minimum atomic E-state index is -0.196. The van der Waals surface area contributed by atoms with E-state index in [0.717, 1.165) is 6.42 Å². The van der Waals surface area contributed by atoms with Gasteiger partial charge in [0.15, 0.2) is 0 Å². The van der Waals surface area contributed by atoms with E-state index in [1.807, 2.05) is 0 Å². The molecule has 0 heteroatoms. The Kier molecular flexibility index (Phi) is 7.60. The lowest BCUT2D eigenvalue weighted by molar-refractivity contribution is 0.661. The summed E-state index contributed by atoms with van der Waals surface area (Å²) in [6, 6.07) is 70.5. The molecule has 0 aliphatic heterocycles. The molecule has 10 aromatic rings. The van der Waals surface area contributed by atoms with Gasteiger partial charge in [0.05, 0.1) is 0 Å². The summed E-state index contributed by atoms with van der Waals surface area (Å²) in [5, 5.41) is 10.3. The molecule has 0 atom stereocenters. The Morgan fingerprint density at radius 3 is 0.965 bits per heavy atom. The van der Waals surface area contributed by atoms with Crippen LogP contribution in [-0.4, -0.2) is 0 Å². The molecule has 0 unspecified atom stereocenters. The highest BCUT2D eigenvalue weighted by molar-refractivity contribution is 6.23. The third-order valence-corrected chi connectivity index (χ3v) is 12.8. The van der Waals surface area contributed by atoms with E-state index in [4.69, 9.17) is 0 Å². The number of hydrogen-bond acceptors (Lipinski definition) is 0. The molecule has 0 aromatic heterocycles. The molecule has 1 aliphatic rings. The summed E-state index contributed by atoms with van der Waals surface area (Å²) in [7, 11) is 0.